The summed E-state index contributed by atoms with van der Waals surface area (Å²) in [6.07, 6.45) is 4.79. The molecule has 0 saturated carbocycles. The fraction of sp³-hybridized carbons (Fsp3) is 0.611. The second kappa shape index (κ2) is 23.6. The highest BCUT2D eigenvalue weighted by molar-refractivity contribution is 7.46. The molecule has 6 atom stereocenters. The van der Waals surface area contributed by atoms with Gasteiger partial charge in [-0.05, 0) is 57.1 Å². The molecule has 0 aliphatic carbocycles. The van der Waals surface area contributed by atoms with Crippen LogP contribution < -0.4 is 27.0 Å². The number of amides is 6. The predicted octanol–water partition coefficient (Wildman–Crippen LogP) is -1.69. The van der Waals surface area contributed by atoms with Crippen LogP contribution in [0.15, 0.2) is 34.2 Å². The van der Waals surface area contributed by atoms with Crippen molar-refractivity contribution in [1.82, 2.24) is 35.7 Å². The number of aliphatic hydroxyl groups excluding tert-OH is 2. The van der Waals surface area contributed by atoms with Crippen molar-refractivity contribution in [2.75, 3.05) is 19.8 Å². The molecule has 0 spiro atoms. The standard InChI is InChI=1S/C36H56N9O14P/c1-21(2)14-27(41-36(53)30-8-7-12-45(30)23(4)48)33(50)40-28(34(51)42-29(19-47)35(52)43-31(32(37)49)22(3)59-60(54,55)56)15-24-16-38-20-44(24)11-5-6-13-57-39-17-25-9-10-26(18-46)58-25/h9-10,16-17,20-22,27-31,46-47H,5-8,11-15,18-19H2,1-4H3,(H2,37,49)(H,40,50)(H,41,53)(H,42,51)(H,43,52)(H2,54,55,56)/b39-17+/t22-,27+,28+,29+,30+,31+/m1/s1. The van der Waals surface area contributed by atoms with Crippen LogP contribution in [0.1, 0.15) is 77.0 Å². The lowest BCUT2D eigenvalue weighted by atomic mass is 10.0. The van der Waals surface area contributed by atoms with Crippen molar-refractivity contribution in [3.05, 3.63) is 41.9 Å². The number of carbonyl (C=O) groups is 6. The maximum atomic E-state index is 14.0. The summed E-state index contributed by atoms with van der Waals surface area (Å²) in [5.74, 6) is -4.28. The van der Waals surface area contributed by atoms with Crippen molar-refractivity contribution in [2.24, 2.45) is 16.8 Å². The number of likely N-dealkylation sites (tertiary alicyclic amines) is 1. The Morgan fingerprint density at radius 3 is 2.32 bits per heavy atom. The summed E-state index contributed by atoms with van der Waals surface area (Å²) in [6.45, 7) is 5.82. The minimum Gasteiger partial charge on any atom is -0.458 e. The average Bonchev–Trinajstić information content (AvgIpc) is 3.95. The Bertz CT molecular complexity index is 1850. The van der Waals surface area contributed by atoms with Crippen LogP contribution in [0.5, 0.6) is 0 Å². The van der Waals surface area contributed by atoms with E-state index in [1.807, 2.05) is 13.8 Å². The summed E-state index contributed by atoms with van der Waals surface area (Å²) in [6, 6.07) is -3.71. The molecule has 0 radical (unpaired) electrons. The molecule has 1 aliphatic rings. The highest BCUT2D eigenvalue weighted by atomic mass is 31.2. The first-order valence-corrected chi connectivity index (χ1v) is 20.8. The van der Waals surface area contributed by atoms with Gasteiger partial charge in [0.05, 0.1) is 19.0 Å². The number of aliphatic hydroxyl groups is 2. The summed E-state index contributed by atoms with van der Waals surface area (Å²) in [4.78, 5) is 108. The molecule has 3 heterocycles. The maximum Gasteiger partial charge on any atom is 0.469 e. The topological polar surface area (TPSA) is 340 Å². The van der Waals surface area contributed by atoms with Gasteiger partial charge in [0.2, 0.25) is 35.4 Å². The van der Waals surface area contributed by atoms with Crippen LogP contribution in [-0.4, -0.2) is 132 Å². The highest BCUT2D eigenvalue weighted by Crippen LogP contribution is 2.38. The third kappa shape index (κ3) is 15.8. The molecule has 23 nitrogen and oxygen atoms in total. The Hall–Kier alpha value is -5.19. The van der Waals surface area contributed by atoms with Gasteiger partial charge >= 0.3 is 7.82 Å². The van der Waals surface area contributed by atoms with Crippen molar-refractivity contribution in [3.8, 4) is 0 Å². The summed E-state index contributed by atoms with van der Waals surface area (Å²) in [7, 11) is -5.13. The van der Waals surface area contributed by atoms with E-state index >= 15 is 0 Å². The van der Waals surface area contributed by atoms with Crippen LogP contribution in [-0.2, 0) is 62.3 Å². The normalized spacial score (nSPS) is 16.8. The molecule has 0 bridgehead atoms. The molecule has 0 aromatic carbocycles. The van der Waals surface area contributed by atoms with Crippen LogP contribution in [0.4, 0.5) is 0 Å². The number of carbonyl (C=O) groups excluding carboxylic acids is 6. The number of aryl methyl sites for hydroxylation is 1. The minimum absolute atomic E-state index is 0.112. The molecule has 1 saturated heterocycles. The van der Waals surface area contributed by atoms with E-state index in [2.05, 4.69) is 35.9 Å². The summed E-state index contributed by atoms with van der Waals surface area (Å²) in [5.41, 5.74) is 5.80. The van der Waals surface area contributed by atoms with Crippen molar-refractivity contribution in [3.63, 3.8) is 0 Å². The van der Waals surface area contributed by atoms with Crippen LogP contribution >= 0.6 is 7.82 Å². The van der Waals surface area contributed by atoms with Gasteiger partial charge in [0.1, 0.15) is 61.2 Å². The number of nitrogens with one attached hydrogen (secondary N) is 4. The first-order valence-electron chi connectivity index (χ1n) is 19.3. The molecule has 0 unspecified atom stereocenters. The predicted molar refractivity (Wildman–Crippen MR) is 210 cm³/mol. The van der Waals surface area contributed by atoms with Crippen LogP contribution in [0.2, 0.25) is 0 Å². The van der Waals surface area contributed by atoms with Crippen LogP contribution in [0, 0.1) is 5.92 Å². The maximum absolute atomic E-state index is 14.0. The number of nitrogens with zero attached hydrogens (tertiary/aromatic N) is 4. The number of nitrogens with two attached hydrogens (primary N) is 1. The number of phosphoric acid groups is 1. The number of primary amides is 1. The Morgan fingerprint density at radius 1 is 1.02 bits per heavy atom. The first kappa shape index (κ1) is 49.2. The molecule has 1 fully saturated rings. The van der Waals surface area contributed by atoms with E-state index in [1.165, 1.54) is 30.6 Å². The molecule has 60 heavy (non-hydrogen) atoms. The summed E-state index contributed by atoms with van der Waals surface area (Å²) in [5, 5.41) is 32.9. The van der Waals surface area contributed by atoms with Gasteiger partial charge in [0, 0.05) is 38.3 Å². The van der Waals surface area contributed by atoms with E-state index in [-0.39, 0.29) is 37.9 Å². The number of phosphoric ester groups is 1. The van der Waals surface area contributed by atoms with Gasteiger partial charge in [0.15, 0.2) is 0 Å². The third-order valence-corrected chi connectivity index (χ3v) is 9.92. The number of aromatic nitrogens is 2. The lowest BCUT2D eigenvalue weighted by Crippen LogP contribution is -2.61. The average molecular weight is 870 g/mol. The van der Waals surface area contributed by atoms with Gasteiger partial charge in [-0.3, -0.25) is 33.3 Å². The summed E-state index contributed by atoms with van der Waals surface area (Å²) >= 11 is 0. The number of hydrogen-bond acceptors (Lipinski definition) is 14. The molecule has 6 amide bonds. The zero-order chi connectivity index (χ0) is 44.6. The van der Waals surface area contributed by atoms with Gasteiger partial charge < -0.3 is 65.7 Å². The third-order valence-electron chi connectivity index (χ3n) is 9.32. The van der Waals surface area contributed by atoms with E-state index in [4.69, 9.17) is 20.1 Å². The summed E-state index contributed by atoms with van der Waals surface area (Å²) < 4.78 is 22.9. The number of furan rings is 1. The monoisotopic (exact) mass is 869 g/mol. The fourth-order valence-corrected chi connectivity index (χ4v) is 6.91. The van der Waals surface area contributed by atoms with E-state index in [9.17, 15) is 48.2 Å². The zero-order valence-corrected chi connectivity index (χ0v) is 34.8. The molecule has 2 aromatic rings. The van der Waals surface area contributed by atoms with E-state index in [1.54, 1.807) is 16.7 Å². The molecular weight excluding hydrogens is 813 g/mol. The Labute approximate surface area is 346 Å². The van der Waals surface area contributed by atoms with Crippen molar-refractivity contribution >= 4 is 49.5 Å². The second-order valence-electron chi connectivity index (χ2n) is 14.6. The number of oxime groups is 1. The molecule has 2 aromatic heterocycles. The SMILES string of the molecule is CC(=O)N1CCC[C@H]1C(=O)N[C@@H](CC(C)C)C(=O)N[C@@H](Cc1cncn1CCCCO/N=C/c1ccc(CO)o1)C(=O)N[C@@H](CO)C(=O)N[C@H](C(N)=O)[C@@H](C)OP(=O)(O)O. The van der Waals surface area contributed by atoms with Crippen molar-refractivity contribution in [1.29, 1.82) is 0 Å². The quantitative estimate of drug-likeness (QED) is 0.0233. The van der Waals surface area contributed by atoms with E-state index < -0.39 is 80.3 Å². The lowest BCUT2D eigenvalue weighted by molar-refractivity contribution is -0.139. The van der Waals surface area contributed by atoms with Gasteiger partial charge in [-0.2, -0.15) is 0 Å². The fourth-order valence-electron chi connectivity index (χ4n) is 6.35. The van der Waals surface area contributed by atoms with Crippen molar-refractivity contribution < 1.29 is 67.1 Å². The highest BCUT2D eigenvalue weighted by Gasteiger charge is 2.37. The smallest absolute Gasteiger partial charge is 0.458 e. The van der Waals surface area contributed by atoms with Gasteiger partial charge in [0.25, 0.3) is 0 Å². The Balaban J connectivity index is 1.79. The molecule has 24 heteroatoms. The number of hydrogen-bond donors (Lipinski definition) is 9. The number of unbranched alkanes of at least 4 members (excludes halogenated alkanes) is 1. The Kier molecular flexibility index (Phi) is 19.3. The molecule has 3 rings (SSSR count). The molecule has 10 N–H and O–H groups in total. The van der Waals surface area contributed by atoms with Crippen LogP contribution in [0.3, 0.4) is 0 Å². The van der Waals surface area contributed by atoms with Gasteiger partial charge in [-0.25, -0.2) is 9.55 Å². The minimum atomic E-state index is -5.13. The van der Waals surface area contributed by atoms with E-state index in [0.29, 0.717) is 56.0 Å². The molecular formula is C36H56N9O14P. The zero-order valence-electron chi connectivity index (χ0n) is 33.9. The number of imidazole rings is 1. The molecule has 334 valence electrons. The Morgan fingerprint density at radius 2 is 1.70 bits per heavy atom. The number of rotatable bonds is 25. The second-order valence-corrected chi connectivity index (χ2v) is 15.8. The van der Waals surface area contributed by atoms with Gasteiger partial charge in [-0.1, -0.05) is 19.0 Å². The van der Waals surface area contributed by atoms with Gasteiger partial charge in [-0.15, -0.1) is 0 Å². The first-order chi connectivity index (χ1) is 28.3. The van der Waals surface area contributed by atoms with Crippen molar-refractivity contribution in [2.45, 2.75) is 116 Å². The van der Waals surface area contributed by atoms with Crippen LogP contribution in [0.25, 0.3) is 0 Å². The van der Waals surface area contributed by atoms with E-state index in [0.717, 1.165) is 6.92 Å². The largest absolute Gasteiger partial charge is 0.469 e. The lowest BCUT2D eigenvalue weighted by Gasteiger charge is -2.28. The molecule has 1 aliphatic heterocycles.